The molecule has 196 valence electrons. The Hall–Kier alpha value is -3.82. The molecule has 0 spiro atoms. The van der Waals surface area contributed by atoms with Gasteiger partial charge in [-0.3, -0.25) is 0 Å². The van der Waals surface area contributed by atoms with E-state index in [0.29, 0.717) is 51.7 Å². The molecule has 0 radical (unpaired) electrons. The van der Waals surface area contributed by atoms with Crippen LogP contribution >= 0.6 is 0 Å². The van der Waals surface area contributed by atoms with Crippen molar-refractivity contribution >= 4 is 19.7 Å². The Labute approximate surface area is 222 Å². The van der Waals surface area contributed by atoms with Crippen LogP contribution in [0.25, 0.3) is 0 Å². The molecular weight excluding hydrogens is 524 g/mol. The fourth-order valence-corrected chi connectivity index (χ4v) is 7.14. The van der Waals surface area contributed by atoms with Gasteiger partial charge in [0.05, 0.1) is 35.5 Å². The Kier molecular flexibility index (Phi) is 6.90. The molecule has 0 fully saturated rings. The van der Waals surface area contributed by atoms with Crippen LogP contribution in [0.2, 0.25) is 0 Å². The summed E-state index contributed by atoms with van der Waals surface area (Å²) in [6.07, 6.45) is 0.350. The first kappa shape index (κ1) is 25.8. The summed E-state index contributed by atoms with van der Waals surface area (Å²) in [6.45, 7) is 0. The van der Waals surface area contributed by atoms with Crippen molar-refractivity contribution in [1.29, 1.82) is 0 Å². The molecule has 7 nitrogen and oxygen atoms in total. The second kappa shape index (κ2) is 10.2. The second-order valence-electron chi connectivity index (χ2n) is 9.03. The molecule has 5 rings (SSSR count). The number of rotatable bonds is 8. The predicted octanol–water partition coefficient (Wildman–Crippen LogP) is 5.35. The summed E-state index contributed by atoms with van der Waals surface area (Å²) in [4.78, 5) is 0.366. The Bertz CT molecular complexity index is 1560. The van der Waals surface area contributed by atoms with E-state index in [1.54, 1.807) is 87.0 Å². The smallest absolute Gasteiger partial charge is 0.182 e. The van der Waals surface area contributed by atoms with E-state index in [-0.39, 0.29) is 21.3 Å². The Morgan fingerprint density at radius 3 is 1.37 bits per heavy atom. The van der Waals surface area contributed by atoms with Crippen molar-refractivity contribution in [1.82, 2.24) is 0 Å². The fourth-order valence-electron chi connectivity index (χ4n) is 4.35. The van der Waals surface area contributed by atoms with Gasteiger partial charge in [-0.1, -0.05) is 24.3 Å². The van der Waals surface area contributed by atoms with Gasteiger partial charge in [-0.15, -0.1) is 0 Å². The molecular formula is C29H26O7S2. The maximum Gasteiger partial charge on any atom is 0.182 e. The monoisotopic (exact) mass is 550 g/mol. The van der Waals surface area contributed by atoms with Gasteiger partial charge in [0.1, 0.15) is 23.0 Å². The maximum atomic E-state index is 13.1. The van der Waals surface area contributed by atoms with Gasteiger partial charge in [-0.2, -0.15) is 0 Å². The maximum absolute atomic E-state index is 13.1. The van der Waals surface area contributed by atoms with E-state index in [9.17, 15) is 16.8 Å². The topological polar surface area (TPSA) is 96.0 Å². The molecule has 0 atom stereocenters. The quantitative estimate of drug-likeness (QED) is 0.257. The van der Waals surface area contributed by atoms with Gasteiger partial charge in [-0.25, -0.2) is 16.8 Å². The summed E-state index contributed by atoms with van der Waals surface area (Å²) >= 11 is 0. The molecule has 1 aliphatic heterocycles. The fraction of sp³-hybridized carbons (Fsp3) is 0.172. The Morgan fingerprint density at radius 2 is 1.00 bits per heavy atom. The Balaban J connectivity index is 1.37. The molecule has 1 aliphatic rings. The SMILES string of the molecule is COc1ccc(CS(=O)(=O)c2ccc3c(c2)Cc2cc(S(=O)(=O)Cc4ccc(OC)cc4)ccc2O3)cc1. The summed E-state index contributed by atoms with van der Waals surface area (Å²) in [5, 5.41) is 0. The first-order chi connectivity index (χ1) is 18.2. The van der Waals surface area contributed by atoms with Gasteiger partial charge in [-0.05, 0) is 71.8 Å². The van der Waals surface area contributed by atoms with E-state index < -0.39 is 19.7 Å². The lowest BCUT2D eigenvalue weighted by atomic mass is 10.0. The minimum atomic E-state index is -3.62. The molecule has 4 aromatic carbocycles. The van der Waals surface area contributed by atoms with Crippen molar-refractivity contribution in [3.63, 3.8) is 0 Å². The van der Waals surface area contributed by atoms with Crippen LogP contribution < -0.4 is 14.2 Å². The van der Waals surface area contributed by atoms with Crippen molar-refractivity contribution in [2.45, 2.75) is 27.7 Å². The normalized spacial score (nSPS) is 12.7. The van der Waals surface area contributed by atoms with Gasteiger partial charge in [0.15, 0.2) is 19.7 Å². The van der Waals surface area contributed by atoms with Crippen molar-refractivity contribution in [3.8, 4) is 23.0 Å². The molecule has 0 saturated heterocycles. The number of methoxy groups -OCH3 is 2. The third-order valence-electron chi connectivity index (χ3n) is 6.41. The minimum absolute atomic E-state index is 0.152. The predicted molar refractivity (Wildman–Crippen MR) is 144 cm³/mol. The van der Waals surface area contributed by atoms with Crippen LogP contribution in [-0.2, 0) is 37.6 Å². The highest BCUT2D eigenvalue weighted by Crippen LogP contribution is 2.39. The molecule has 0 N–H and O–H groups in total. The molecule has 9 heteroatoms. The first-order valence-electron chi connectivity index (χ1n) is 11.8. The van der Waals surface area contributed by atoms with E-state index in [2.05, 4.69) is 0 Å². The summed E-state index contributed by atoms with van der Waals surface area (Å²) in [6, 6.07) is 23.4. The standard InChI is InChI=1S/C29H26O7S2/c1-34-24-7-3-20(4-8-24)18-37(30,31)26-11-13-28-22(16-26)15-23-17-27(12-14-29(23)36-28)38(32,33)19-21-5-9-25(35-2)10-6-21/h3-14,16-17H,15,18-19H2,1-2H3. The van der Waals surface area contributed by atoms with Gasteiger partial charge < -0.3 is 14.2 Å². The number of hydrogen-bond donors (Lipinski definition) is 0. The van der Waals surface area contributed by atoms with Crippen molar-refractivity contribution in [2.75, 3.05) is 14.2 Å². The van der Waals surface area contributed by atoms with E-state index in [4.69, 9.17) is 14.2 Å². The van der Waals surface area contributed by atoms with Crippen molar-refractivity contribution < 1.29 is 31.0 Å². The highest BCUT2D eigenvalue weighted by Gasteiger charge is 2.24. The second-order valence-corrected chi connectivity index (χ2v) is 13.0. The number of sulfone groups is 2. The summed E-state index contributed by atoms with van der Waals surface area (Å²) < 4.78 is 68.8. The average molecular weight is 551 g/mol. The third kappa shape index (κ3) is 5.39. The zero-order valence-electron chi connectivity index (χ0n) is 20.9. The molecule has 1 heterocycles. The van der Waals surface area contributed by atoms with Crippen LogP contribution in [0.5, 0.6) is 23.0 Å². The zero-order chi connectivity index (χ0) is 26.9. The van der Waals surface area contributed by atoms with Gasteiger partial charge in [0.25, 0.3) is 0 Å². The lowest BCUT2D eigenvalue weighted by Gasteiger charge is -2.21. The number of benzene rings is 4. The van der Waals surface area contributed by atoms with E-state index in [1.165, 1.54) is 12.1 Å². The van der Waals surface area contributed by atoms with Crippen LogP contribution in [0, 0.1) is 0 Å². The largest absolute Gasteiger partial charge is 0.497 e. The van der Waals surface area contributed by atoms with E-state index in [0.717, 1.165) is 0 Å². The molecule has 0 saturated carbocycles. The van der Waals surface area contributed by atoms with Crippen LogP contribution in [0.15, 0.2) is 94.7 Å². The van der Waals surface area contributed by atoms with Gasteiger partial charge >= 0.3 is 0 Å². The summed E-state index contributed by atoms with van der Waals surface area (Å²) in [5.41, 5.74) is 2.66. The molecule has 0 bridgehead atoms. The zero-order valence-corrected chi connectivity index (χ0v) is 22.5. The van der Waals surface area contributed by atoms with Crippen molar-refractivity contribution in [3.05, 3.63) is 107 Å². The summed E-state index contributed by atoms with van der Waals surface area (Å²) in [7, 11) is -4.12. The summed E-state index contributed by atoms with van der Waals surface area (Å²) in [5.74, 6) is 2.11. The lowest BCUT2D eigenvalue weighted by molar-refractivity contribution is 0.414. The third-order valence-corrected chi connectivity index (χ3v) is 9.79. The van der Waals surface area contributed by atoms with E-state index >= 15 is 0 Å². The number of hydrogen-bond acceptors (Lipinski definition) is 7. The minimum Gasteiger partial charge on any atom is -0.497 e. The van der Waals surface area contributed by atoms with Crippen LogP contribution in [0.1, 0.15) is 22.3 Å². The highest BCUT2D eigenvalue weighted by molar-refractivity contribution is 7.91. The number of fused-ring (bicyclic) bond motifs is 2. The van der Waals surface area contributed by atoms with E-state index in [1.807, 2.05) is 0 Å². The van der Waals surface area contributed by atoms with Gasteiger partial charge in [0.2, 0.25) is 0 Å². The van der Waals surface area contributed by atoms with Crippen molar-refractivity contribution in [2.24, 2.45) is 0 Å². The molecule has 0 unspecified atom stereocenters. The molecule has 0 amide bonds. The van der Waals surface area contributed by atoms with Gasteiger partial charge in [0, 0.05) is 17.5 Å². The molecule has 0 aliphatic carbocycles. The van der Waals surface area contributed by atoms with Crippen LogP contribution in [0.4, 0.5) is 0 Å². The molecule has 4 aromatic rings. The molecule has 0 aromatic heterocycles. The van der Waals surface area contributed by atoms with Crippen LogP contribution in [0.3, 0.4) is 0 Å². The average Bonchev–Trinajstić information content (AvgIpc) is 2.91. The lowest BCUT2D eigenvalue weighted by Crippen LogP contribution is -2.10. The first-order valence-corrected chi connectivity index (χ1v) is 15.1. The molecule has 38 heavy (non-hydrogen) atoms. The Morgan fingerprint density at radius 1 is 0.605 bits per heavy atom. The highest BCUT2D eigenvalue weighted by atomic mass is 32.2. The number of ether oxygens (including phenoxy) is 3. The van der Waals surface area contributed by atoms with Crippen LogP contribution in [-0.4, -0.2) is 31.1 Å².